The summed E-state index contributed by atoms with van der Waals surface area (Å²) < 4.78 is 20.6. The fraction of sp³-hybridized carbons (Fsp3) is 0.150. The van der Waals surface area contributed by atoms with Crippen LogP contribution in [0.4, 0.5) is 4.39 Å². The van der Waals surface area contributed by atoms with Gasteiger partial charge in [-0.3, -0.25) is 14.0 Å². The number of carbonyl (C=O) groups excluding carboxylic acids is 1. The molecule has 2 aromatic carbocycles. The minimum absolute atomic E-state index is 0.0416. The van der Waals surface area contributed by atoms with Gasteiger partial charge in [-0.1, -0.05) is 23.5 Å². The average molecular weight is 414 g/mol. The Morgan fingerprint density at radius 2 is 1.96 bits per heavy atom. The maximum absolute atomic E-state index is 12.9. The highest BCUT2D eigenvalue weighted by Gasteiger charge is 2.11. The van der Waals surface area contributed by atoms with Crippen molar-refractivity contribution in [2.45, 2.75) is 17.9 Å². The molecule has 0 spiro atoms. The van der Waals surface area contributed by atoms with Crippen LogP contribution in [0.2, 0.25) is 0 Å². The molecule has 0 aliphatic rings. The zero-order valence-corrected chi connectivity index (χ0v) is 16.3. The first-order valence-electron chi connectivity index (χ1n) is 8.54. The van der Waals surface area contributed by atoms with Crippen LogP contribution in [0.25, 0.3) is 15.2 Å². The largest absolute Gasteiger partial charge is 0.459 e. The van der Waals surface area contributed by atoms with Gasteiger partial charge in [-0.25, -0.2) is 9.37 Å². The van der Waals surface area contributed by atoms with E-state index in [0.717, 1.165) is 15.1 Å². The predicted octanol–water partition coefficient (Wildman–Crippen LogP) is 4.27. The van der Waals surface area contributed by atoms with Crippen LogP contribution in [0, 0.1) is 5.82 Å². The number of hydrogen-bond donors (Lipinski definition) is 0. The molecule has 0 saturated heterocycles. The van der Waals surface area contributed by atoms with Crippen molar-refractivity contribution in [3.05, 3.63) is 76.5 Å². The molecule has 5 nitrogen and oxygen atoms in total. The van der Waals surface area contributed by atoms with Gasteiger partial charge in [0.05, 0.1) is 22.3 Å². The number of ether oxygens (including phenoxy) is 1. The number of benzene rings is 2. The number of aromatic nitrogens is 2. The van der Waals surface area contributed by atoms with Gasteiger partial charge < -0.3 is 4.74 Å². The summed E-state index contributed by atoms with van der Waals surface area (Å²) in [6.07, 6.45) is 0.214. The van der Waals surface area contributed by atoms with Crippen molar-refractivity contribution < 1.29 is 13.9 Å². The fourth-order valence-corrected chi connectivity index (χ4v) is 4.59. The van der Waals surface area contributed by atoms with Gasteiger partial charge >= 0.3 is 5.97 Å². The first-order valence-corrected chi connectivity index (χ1v) is 10.3. The topological polar surface area (TPSA) is 60.7 Å². The molecule has 0 fully saturated rings. The molecule has 0 atom stereocenters. The molecule has 0 radical (unpaired) electrons. The maximum atomic E-state index is 12.9. The van der Waals surface area contributed by atoms with E-state index in [9.17, 15) is 14.0 Å². The zero-order chi connectivity index (χ0) is 19.5. The maximum Gasteiger partial charge on any atom is 0.307 e. The molecule has 0 N–H and O–H groups in total. The van der Waals surface area contributed by atoms with Crippen molar-refractivity contribution >= 4 is 44.2 Å². The first kappa shape index (κ1) is 18.6. The van der Waals surface area contributed by atoms with Crippen molar-refractivity contribution in [1.29, 1.82) is 0 Å². The lowest BCUT2D eigenvalue weighted by Crippen LogP contribution is -2.15. The van der Waals surface area contributed by atoms with Gasteiger partial charge in [0, 0.05) is 16.7 Å². The number of halogens is 1. The van der Waals surface area contributed by atoms with Crippen LogP contribution in [-0.4, -0.2) is 21.1 Å². The summed E-state index contributed by atoms with van der Waals surface area (Å²) in [5.41, 5.74) is 1.05. The quantitative estimate of drug-likeness (QED) is 0.348. The number of carbonyl (C=O) groups is 1. The zero-order valence-electron chi connectivity index (χ0n) is 14.6. The standard InChI is InChI=1S/C20H15FN2O3S2/c21-13-5-7-15(8-6-13)27-10-9-19(25)26-12-14-11-18(24)23-16-3-1-2-4-17(16)28-20(23)22-14/h1-8,11H,9-10,12H2. The number of nitrogens with zero attached hydrogens (tertiary/aromatic N) is 2. The molecule has 2 heterocycles. The normalized spacial score (nSPS) is 11.2. The molecule has 28 heavy (non-hydrogen) atoms. The smallest absolute Gasteiger partial charge is 0.307 e. The number of fused-ring (bicyclic) bond motifs is 3. The SMILES string of the molecule is O=C(CCSc1ccc(F)cc1)OCc1cc(=O)n2c(n1)sc1ccccc12. The van der Waals surface area contributed by atoms with E-state index in [0.29, 0.717) is 16.4 Å². The summed E-state index contributed by atoms with van der Waals surface area (Å²) in [5.74, 6) is -0.133. The third-order valence-electron chi connectivity index (χ3n) is 4.02. The van der Waals surface area contributed by atoms with E-state index in [2.05, 4.69) is 4.98 Å². The van der Waals surface area contributed by atoms with Gasteiger partial charge in [0.25, 0.3) is 5.56 Å². The summed E-state index contributed by atoms with van der Waals surface area (Å²) in [7, 11) is 0. The Morgan fingerprint density at radius 3 is 2.79 bits per heavy atom. The molecule has 0 bridgehead atoms. The third-order valence-corrected chi connectivity index (χ3v) is 6.05. The summed E-state index contributed by atoms with van der Waals surface area (Å²) in [6, 6.07) is 15.1. The number of esters is 1. The number of thioether (sulfide) groups is 1. The van der Waals surface area contributed by atoms with Crippen LogP contribution in [0.3, 0.4) is 0 Å². The van der Waals surface area contributed by atoms with Crippen LogP contribution < -0.4 is 5.56 Å². The van der Waals surface area contributed by atoms with Crippen LogP contribution in [-0.2, 0) is 16.1 Å². The molecule has 8 heteroatoms. The fourth-order valence-electron chi connectivity index (χ4n) is 2.71. The molecule has 0 aliphatic carbocycles. The third kappa shape index (κ3) is 4.07. The molecule has 4 aromatic rings. The minimum Gasteiger partial charge on any atom is -0.459 e. The molecule has 0 saturated carbocycles. The van der Waals surface area contributed by atoms with E-state index in [1.165, 1.54) is 41.3 Å². The van der Waals surface area contributed by atoms with Gasteiger partial charge in [-0.05, 0) is 36.4 Å². The Bertz CT molecular complexity index is 1200. The Kier molecular flexibility index (Phi) is 5.40. The Hall–Kier alpha value is -2.71. The first-order chi connectivity index (χ1) is 13.6. The van der Waals surface area contributed by atoms with Crippen molar-refractivity contribution in [2.75, 3.05) is 5.75 Å². The van der Waals surface area contributed by atoms with Crippen LogP contribution in [0.1, 0.15) is 12.1 Å². The molecule has 2 aromatic heterocycles. The Balaban J connectivity index is 1.37. The van der Waals surface area contributed by atoms with E-state index in [4.69, 9.17) is 4.74 Å². The summed E-state index contributed by atoms with van der Waals surface area (Å²) in [5, 5.41) is 0. The second-order valence-electron chi connectivity index (χ2n) is 5.99. The van der Waals surface area contributed by atoms with Crippen molar-refractivity contribution in [1.82, 2.24) is 9.38 Å². The van der Waals surface area contributed by atoms with Gasteiger partial charge in [-0.15, -0.1) is 11.8 Å². The highest BCUT2D eigenvalue weighted by molar-refractivity contribution is 7.99. The van der Waals surface area contributed by atoms with Crippen LogP contribution >= 0.6 is 23.1 Å². The number of rotatable bonds is 6. The highest BCUT2D eigenvalue weighted by Crippen LogP contribution is 2.23. The second kappa shape index (κ2) is 8.12. The van der Waals surface area contributed by atoms with E-state index in [1.54, 1.807) is 16.5 Å². The lowest BCUT2D eigenvalue weighted by atomic mass is 10.3. The van der Waals surface area contributed by atoms with Crippen LogP contribution in [0.5, 0.6) is 0 Å². The molecular weight excluding hydrogens is 399 g/mol. The van der Waals surface area contributed by atoms with E-state index in [-0.39, 0.29) is 30.4 Å². The lowest BCUT2D eigenvalue weighted by molar-refractivity contribution is -0.144. The van der Waals surface area contributed by atoms with Crippen LogP contribution in [0.15, 0.2) is 64.3 Å². The molecule has 0 unspecified atom stereocenters. The molecule has 142 valence electrons. The summed E-state index contributed by atoms with van der Waals surface area (Å²) >= 11 is 2.87. The number of thiazole rings is 1. The number of para-hydroxylation sites is 1. The number of hydrogen-bond acceptors (Lipinski definition) is 6. The summed E-state index contributed by atoms with van der Waals surface area (Å²) in [6.45, 7) is -0.0416. The van der Waals surface area contributed by atoms with Gasteiger partial charge in [0.2, 0.25) is 0 Å². The Labute approximate surface area is 167 Å². The molecule has 4 rings (SSSR count). The second-order valence-corrected chi connectivity index (χ2v) is 8.16. The van der Waals surface area contributed by atoms with E-state index >= 15 is 0 Å². The van der Waals surface area contributed by atoms with Crippen molar-refractivity contribution in [3.63, 3.8) is 0 Å². The van der Waals surface area contributed by atoms with Gasteiger partial charge in [0.15, 0.2) is 4.96 Å². The minimum atomic E-state index is -0.368. The van der Waals surface area contributed by atoms with Crippen molar-refractivity contribution in [2.24, 2.45) is 0 Å². The molecular formula is C20H15FN2O3S2. The van der Waals surface area contributed by atoms with Crippen molar-refractivity contribution in [3.8, 4) is 0 Å². The Morgan fingerprint density at radius 1 is 1.18 bits per heavy atom. The van der Waals surface area contributed by atoms with E-state index < -0.39 is 0 Å². The monoisotopic (exact) mass is 414 g/mol. The lowest BCUT2D eigenvalue weighted by Gasteiger charge is -2.05. The molecule has 0 amide bonds. The average Bonchev–Trinajstić information content (AvgIpc) is 3.07. The summed E-state index contributed by atoms with van der Waals surface area (Å²) in [4.78, 5) is 30.3. The highest BCUT2D eigenvalue weighted by atomic mass is 32.2. The van der Waals surface area contributed by atoms with Gasteiger partial charge in [-0.2, -0.15) is 0 Å². The predicted molar refractivity (Wildman–Crippen MR) is 108 cm³/mol. The van der Waals surface area contributed by atoms with E-state index in [1.807, 2.05) is 24.3 Å². The molecule has 0 aliphatic heterocycles. The van der Waals surface area contributed by atoms with Gasteiger partial charge in [0.1, 0.15) is 12.4 Å².